The molecule has 0 atom stereocenters. The molecule has 0 radical (unpaired) electrons. The van der Waals surface area contributed by atoms with Crippen molar-refractivity contribution in [1.29, 1.82) is 0 Å². The Hall–Kier alpha value is -1.82. The number of imide groups is 1. The fraction of sp³-hybridized carbons (Fsp3) is 0.385. The third-order valence-corrected chi connectivity index (χ3v) is 2.61. The zero-order valence-electron chi connectivity index (χ0n) is 11.3. The number of hydrogen-bond acceptors (Lipinski definition) is 3. The first-order chi connectivity index (χ1) is 9.38. The van der Waals surface area contributed by atoms with Gasteiger partial charge in [-0.15, -0.1) is 0 Å². The fourth-order valence-corrected chi connectivity index (χ4v) is 1.55. The van der Waals surface area contributed by atoms with Crippen LogP contribution in [0.5, 0.6) is 0 Å². The molecule has 1 aromatic rings. The molecule has 0 aliphatic rings. The van der Waals surface area contributed by atoms with Crippen LogP contribution in [0.4, 0.5) is 14.9 Å². The van der Waals surface area contributed by atoms with Gasteiger partial charge in [-0.05, 0) is 24.1 Å². The summed E-state index contributed by atoms with van der Waals surface area (Å²) < 4.78 is 12.8. The van der Waals surface area contributed by atoms with Crippen LogP contribution in [0.1, 0.15) is 13.8 Å². The summed E-state index contributed by atoms with van der Waals surface area (Å²) in [6.07, 6.45) is 0. The highest BCUT2D eigenvalue weighted by molar-refractivity contribution is 6.33. The predicted molar refractivity (Wildman–Crippen MR) is 76.3 cm³/mol. The Kier molecular flexibility index (Phi) is 6.24. The van der Waals surface area contributed by atoms with Crippen molar-refractivity contribution in [1.82, 2.24) is 10.6 Å². The Morgan fingerprint density at radius 2 is 2.05 bits per heavy atom. The minimum atomic E-state index is -0.546. The number of carbonyl (C=O) groups excluding carboxylic acids is 2. The zero-order valence-corrected chi connectivity index (χ0v) is 12.1. The van der Waals surface area contributed by atoms with E-state index in [0.29, 0.717) is 18.2 Å². The van der Waals surface area contributed by atoms with Crippen LogP contribution in [-0.4, -0.2) is 25.0 Å². The van der Waals surface area contributed by atoms with Crippen molar-refractivity contribution in [2.45, 2.75) is 13.8 Å². The average molecular weight is 302 g/mol. The summed E-state index contributed by atoms with van der Waals surface area (Å²) in [6, 6.07) is 3.23. The maximum Gasteiger partial charge on any atom is 0.321 e. The van der Waals surface area contributed by atoms with Crippen molar-refractivity contribution in [2.75, 3.05) is 18.4 Å². The molecule has 0 saturated carbocycles. The summed E-state index contributed by atoms with van der Waals surface area (Å²) >= 11 is 5.79. The van der Waals surface area contributed by atoms with Crippen LogP contribution in [0.2, 0.25) is 5.02 Å². The molecule has 0 spiro atoms. The van der Waals surface area contributed by atoms with Crippen LogP contribution in [0, 0.1) is 11.7 Å². The fourth-order valence-electron chi connectivity index (χ4n) is 1.32. The first-order valence-corrected chi connectivity index (χ1v) is 6.53. The van der Waals surface area contributed by atoms with Gasteiger partial charge in [-0.1, -0.05) is 25.4 Å². The van der Waals surface area contributed by atoms with E-state index in [1.807, 2.05) is 13.8 Å². The number of benzene rings is 1. The largest absolute Gasteiger partial charge is 0.375 e. The quantitative estimate of drug-likeness (QED) is 0.782. The van der Waals surface area contributed by atoms with Crippen molar-refractivity contribution in [2.24, 2.45) is 5.92 Å². The van der Waals surface area contributed by atoms with Gasteiger partial charge in [-0.3, -0.25) is 10.1 Å². The van der Waals surface area contributed by atoms with E-state index in [-0.39, 0.29) is 11.6 Å². The van der Waals surface area contributed by atoms with Gasteiger partial charge in [0.05, 0.1) is 17.3 Å². The van der Waals surface area contributed by atoms with E-state index < -0.39 is 17.8 Å². The molecule has 0 heterocycles. The highest BCUT2D eigenvalue weighted by atomic mass is 35.5. The molecule has 0 aromatic heterocycles. The van der Waals surface area contributed by atoms with Gasteiger partial charge < -0.3 is 10.6 Å². The first kappa shape index (κ1) is 16.2. The number of halogens is 2. The standard InChI is InChI=1S/C13H17ClFN3O2/c1-8(2)6-17-13(20)18-12(19)7-16-11-4-3-9(15)5-10(11)14/h3-5,8,16H,6-7H2,1-2H3,(H2,17,18,19,20). The maximum atomic E-state index is 12.8. The molecule has 3 amide bonds. The molecule has 20 heavy (non-hydrogen) atoms. The average Bonchev–Trinajstić information content (AvgIpc) is 2.35. The van der Waals surface area contributed by atoms with E-state index in [4.69, 9.17) is 11.6 Å². The van der Waals surface area contributed by atoms with Crippen molar-refractivity contribution < 1.29 is 14.0 Å². The maximum absolute atomic E-state index is 12.8. The number of urea groups is 1. The predicted octanol–water partition coefficient (Wildman–Crippen LogP) is 2.37. The van der Waals surface area contributed by atoms with Crippen molar-refractivity contribution in [3.63, 3.8) is 0 Å². The number of anilines is 1. The van der Waals surface area contributed by atoms with E-state index in [9.17, 15) is 14.0 Å². The monoisotopic (exact) mass is 301 g/mol. The number of hydrogen-bond donors (Lipinski definition) is 3. The topological polar surface area (TPSA) is 70.2 Å². The second kappa shape index (κ2) is 7.69. The van der Waals surface area contributed by atoms with Gasteiger partial charge in [0.2, 0.25) is 5.91 Å². The lowest BCUT2D eigenvalue weighted by atomic mass is 10.2. The Labute approximate surface area is 121 Å². The lowest BCUT2D eigenvalue weighted by Crippen LogP contribution is -2.43. The lowest BCUT2D eigenvalue weighted by molar-refractivity contribution is -0.118. The van der Waals surface area contributed by atoms with Crippen LogP contribution >= 0.6 is 11.6 Å². The number of amides is 3. The van der Waals surface area contributed by atoms with Crippen molar-refractivity contribution in [3.05, 3.63) is 29.0 Å². The second-order valence-corrected chi connectivity index (χ2v) is 5.04. The van der Waals surface area contributed by atoms with Crippen LogP contribution in [0.25, 0.3) is 0 Å². The highest BCUT2D eigenvalue weighted by Gasteiger charge is 2.08. The Bertz CT molecular complexity index is 495. The van der Waals surface area contributed by atoms with Crippen molar-refractivity contribution >= 4 is 29.2 Å². The Balaban J connectivity index is 2.38. The zero-order chi connectivity index (χ0) is 15.1. The molecule has 0 fully saturated rings. The van der Waals surface area contributed by atoms with Crippen molar-refractivity contribution in [3.8, 4) is 0 Å². The van der Waals surface area contributed by atoms with Crippen LogP contribution < -0.4 is 16.0 Å². The molecule has 1 aromatic carbocycles. The molecule has 1 rings (SSSR count). The first-order valence-electron chi connectivity index (χ1n) is 6.15. The number of nitrogens with one attached hydrogen (secondary N) is 3. The number of carbonyl (C=O) groups is 2. The van der Waals surface area contributed by atoms with Gasteiger partial charge in [-0.25, -0.2) is 9.18 Å². The van der Waals surface area contributed by atoms with Gasteiger partial charge in [-0.2, -0.15) is 0 Å². The summed E-state index contributed by atoms with van der Waals surface area (Å²) in [7, 11) is 0. The van der Waals surface area contributed by atoms with E-state index in [1.54, 1.807) is 0 Å². The van der Waals surface area contributed by atoms with Gasteiger partial charge in [0.25, 0.3) is 0 Å². The summed E-state index contributed by atoms with van der Waals surface area (Å²) in [5.41, 5.74) is 0.422. The SMILES string of the molecule is CC(C)CNC(=O)NC(=O)CNc1ccc(F)cc1Cl. The summed E-state index contributed by atoms with van der Waals surface area (Å²) in [5.74, 6) is -0.670. The lowest BCUT2D eigenvalue weighted by Gasteiger charge is -2.10. The van der Waals surface area contributed by atoms with Gasteiger partial charge in [0, 0.05) is 6.54 Å². The molecule has 0 unspecified atom stereocenters. The third kappa shape index (κ3) is 5.88. The van der Waals surface area contributed by atoms with Crippen LogP contribution in [-0.2, 0) is 4.79 Å². The molecule has 110 valence electrons. The van der Waals surface area contributed by atoms with E-state index in [0.717, 1.165) is 6.07 Å². The molecule has 0 aliphatic carbocycles. The summed E-state index contributed by atoms with van der Waals surface area (Å²) in [6.45, 7) is 4.23. The van der Waals surface area contributed by atoms with E-state index in [2.05, 4.69) is 16.0 Å². The Morgan fingerprint density at radius 3 is 2.65 bits per heavy atom. The van der Waals surface area contributed by atoms with Crippen LogP contribution in [0.3, 0.4) is 0 Å². The second-order valence-electron chi connectivity index (χ2n) is 4.63. The van der Waals surface area contributed by atoms with Gasteiger partial charge in [0.15, 0.2) is 0 Å². The summed E-state index contributed by atoms with van der Waals surface area (Å²) in [4.78, 5) is 22.8. The molecular weight excluding hydrogens is 285 g/mol. The van der Waals surface area contributed by atoms with Crippen LogP contribution in [0.15, 0.2) is 18.2 Å². The summed E-state index contributed by atoms with van der Waals surface area (Å²) in [5, 5.41) is 7.61. The minimum Gasteiger partial charge on any atom is -0.375 e. The van der Waals surface area contributed by atoms with E-state index in [1.165, 1.54) is 12.1 Å². The van der Waals surface area contributed by atoms with Gasteiger partial charge in [0.1, 0.15) is 5.82 Å². The molecule has 0 bridgehead atoms. The molecular formula is C13H17ClFN3O2. The van der Waals surface area contributed by atoms with E-state index >= 15 is 0 Å². The van der Waals surface area contributed by atoms with Gasteiger partial charge >= 0.3 is 6.03 Å². The molecule has 0 saturated heterocycles. The normalized spacial score (nSPS) is 10.2. The molecule has 3 N–H and O–H groups in total. The molecule has 0 aliphatic heterocycles. The smallest absolute Gasteiger partial charge is 0.321 e. The third-order valence-electron chi connectivity index (χ3n) is 2.29. The highest BCUT2D eigenvalue weighted by Crippen LogP contribution is 2.21. The minimum absolute atomic E-state index is 0.138. The molecule has 7 heteroatoms. The number of rotatable bonds is 5. The Morgan fingerprint density at radius 1 is 1.35 bits per heavy atom. The molecule has 5 nitrogen and oxygen atoms in total.